The monoisotopic (exact) mass is 361 g/mol. The number of rotatable bonds is 6. The largest absolute Gasteiger partial charge is 0.497 e. The van der Waals surface area contributed by atoms with Gasteiger partial charge in [-0.3, -0.25) is 9.59 Å². The van der Waals surface area contributed by atoms with Crippen molar-refractivity contribution in [1.82, 2.24) is 4.90 Å². The van der Waals surface area contributed by atoms with Crippen LogP contribution in [0.2, 0.25) is 0 Å². The van der Waals surface area contributed by atoms with E-state index >= 15 is 0 Å². The summed E-state index contributed by atoms with van der Waals surface area (Å²) in [4.78, 5) is 25.7. The zero-order valence-electron chi connectivity index (χ0n) is 15.2. The number of hydrogen-bond acceptors (Lipinski definition) is 4. The fraction of sp³-hybridized carbons (Fsp3) is 0.600. The molecule has 0 radical (unpaired) electrons. The molecule has 0 bridgehead atoms. The van der Waals surface area contributed by atoms with Gasteiger partial charge in [-0.05, 0) is 49.3 Å². The molecule has 2 atom stereocenters. The van der Waals surface area contributed by atoms with Crippen LogP contribution in [0.1, 0.15) is 31.2 Å². The molecule has 2 aliphatic heterocycles. The second-order valence-electron chi connectivity index (χ2n) is 7.14. The Balaban J connectivity index is 1.45. The molecule has 0 aromatic heterocycles. The summed E-state index contributed by atoms with van der Waals surface area (Å²) in [6.07, 6.45) is 3.26. The zero-order chi connectivity index (χ0) is 18.5. The minimum Gasteiger partial charge on any atom is -0.497 e. The van der Waals surface area contributed by atoms with E-state index in [4.69, 9.17) is 9.47 Å². The Morgan fingerprint density at radius 2 is 1.88 bits per heavy atom. The molecule has 6 heteroatoms. The molecule has 0 aliphatic carbocycles. The quantitative estimate of drug-likeness (QED) is 0.842. The SMILES string of the molecule is COc1ccc(CCC(=O)N2CCC([C@@H]3OCCC3C(=O)O)CC2)cc1. The number of aryl methyl sites for hydroxylation is 1. The predicted molar refractivity (Wildman–Crippen MR) is 96.1 cm³/mol. The first kappa shape index (κ1) is 18.7. The van der Waals surface area contributed by atoms with Crippen molar-refractivity contribution in [2.75, 3.05) is 26.8 Å². The second kappa shape index (κ2) is 8.54. The van der Waals surface area contributed by atoms with Gasteiger partial charge in [0, 0.05) is 26.1 Å². The molecule has 1 aromatic carbocycles. The summed E-state index contributed by atoms with van der Waals surface area (Å²) in [5.74, 6) is 0.0735. The van der Waals surface area contributed by atoms with Crippen molar-refractivity contribution >= 4 is 11.9 Å². The van der Waals surface area contributed by atoms with Crippen LogP contribution in [-0.4, -0.2) is 54.8 Å². The standard InChI is InChI=1S/C20H27NO5/c1-25-16-5-2-14(3-6-16)4-7-18(22)21-11-8-15(9-12-21)19-17(20(23)24)10-13-26-19/h2-3,5-6,15,17,19H,4,7-13H2,1H3,(H,23,24)/t17?,19-/m0/s1. The third-order valence-corrected chi connectivity index (χ3v) is 5.60. The number of carboxylic acid groups (broad SMARTS) is 1. The first-order valence-corrected chi connectivity index (χ1v) is 9.33. The predicted octanol–water partition coefficient (Wildman–Crippen LogP) is 2.36. The summed E-state index contributed by atoms with van der Waals surface area (Å²) < 4.78 is 10.8. The lowest BCUT2D eigenvalue weighted by Crippen LogP contribution is -2.43. The van der Waals surface area contributed by atoms with Crippen molar-refractivity contribution in [3.05, 3.63) is 29.8 Å². The molecule has 1 N–H and O–H groups in total. The molecule has 2 saturated heterocycles. The van der Waals surface area contributed by atoms with Crippen molar-refractivity contribution in [3.63, 3.8) is 0 Å². The number of carbonyl (C=O) groups excluding carboxylic acids is 1. The maximum Gasteiger partial charge on any atom is 0.309 e. The fourth-order valence-electron chi connectivity index (χ4n) is 4.02. The van der Waals surface area contributed by atoms with E-state index in [1.165, 1.54) is 0 Å². The molecule has 2 heterocycles. The molecule has 142 valence electrons. The lowest BCUT2D eigenvalue weighted by Gasteiger charge is -2.35. The van der Waals surface area contributed by atoms with Gasteiger partial charge < -0.3 is 19.5 Å². The second-order valence-corrected chi connectivity index (χ2v) is 7.14. The van der Waals surface area contributed by atoms with Crippen molar-refractivity contribution in [3.8, 4) is 5.75 Å². The van der Waals surface area contributed by atoms with E-state index in [1.807, 2.05) is 29.2 Å². The average molecular weight is 361 g/mol. The van der Waals surface area contributed by atoms with Gasteiger partial charge in [0.15, 0.2) is 0 Å². The first-order valence-electron chi connectivity index (χ1n) is 9.33. The molecule has 6 nitrogen and oxygen atoms in total. The lowest BCUT2D eigenvalue weighted by atomic mass is 9.84. The normalized spacial score (nSPS) is 23.8. The number of likely N-dealkylation sites (tertiary alicyclic amines) is 1. The third kappa shape index (κ3) is 4.36. The average Bonchev–Trinajstić information content (AvgIpc) is 3.17. The highest BCUT2D eigenvalue weighted by molar-refractivity contribution is 5.76. The molecule has 0 saturated carbocycles. The smallest absolute Gasteiger partial charge is 0.309 e. The molecular weight excluding hydrogens is 334 g/mol. The zero-order valence-corrected chi connectivity index (χ0v) is 15.2. The highest BCUT2D eigenvalue weighted by Crippen LogP contribution is 2.33. The number of methoxy groups -OCH3 is 1. The van der Waals surface area contributed by atoms with E-state index in [-0.39, 0.29) is 17.9 Å². The van der Waals surface area contributed by atoms with Gasteiger partial charge in [0.25, 0.3) is 0 Å². The molecule has 1 aromatic rings. The van der Waals surface area contributed by atoms with Crippen LogP contribution >= 0.6 is 0 Å². The molecule has 1 unspecified atom stereocenters. The van der Waals surface area contributed by atoms with Gasteiger partial charge in [-0.25, -0.2) is 0 Å². The van der Waals surface area contributed by atoms with E-state index in [1.54, 1.807) is 7.11 Å². The Bertz CT molecular complexity index is 622. The number of amides is 1. The van der Waals surface area contributed by atoms with Crippen LogP contribution < -0.4 is 4.74 Å². The summed E-state index contributed by atoms with van der Waals surface area (Å²) in [7, 11) is 1.64. The first-order chi connectivity index (χ1) is 12.6. The van der Waals surface area contributed by atoms with Gasteiger partial charge in [0.2, 0.25) is 5.91 Å². The van der Waals surface area contributed by atoms with Crippen LogP contribution in [0, 0.1) is 11.8 Å². The van der Waals surface area contributed by atoms with E-state index in [0.29, 0.717) is 32.5 Å². The molecule has 26 heavy (non-hydrogen) atoms. The van der Waals surface area contributed by atoms with E-state index in [0.717, 1.165) is 30.6 Å². The number of ether oxygens (including phenoxy) is 2. The van der Waals surface area contributed by atoms with E-state index in [2.05, 4.69) is 0 Å². The van der Waals surface area contributed by atoms with Crippen LogP contribution in [0.15, 0.2) is 24.3 Å². The minimum absolute atomic E-state index is 0.168. The molecule has 1 amide bonds. The third-order valence-electron chi connectivity index (χ3n) is 5.60. The Kier molecular flexibility index (Phi) is 6.14. The summed E-state index contributed by atoms with van der Waals surface area (Å²) in [6.45, 7) is 1.92. The number of benzene rings is 1. The van der Waals surface area contributed by atoms with Crippen molar-refractivity contribution in [2.45, 2.75) is 38.2 Å². The fourth-order valence-corrected chi connectivity index (χ4v) is 4.02. The Hall–Kier alpha value is -2.08. The van der Waals surface area contributed by atoms with Crippen LogP contribution in [-0.2, 0) is 20.7 Å². The molecule has 0 spiro atoms. The molecular formula is C20H27NO5. The maximum atomic E-state index is 12.5. The Labute approximate surface area is 154 Å². The van der Waals surface area contributed by atoms with E-state index < -0.39 is 11.9 Å². The number of carboxylic acids is 1. The van der Waals surface area contributed by atoms with Gasteiger partial charge in [-0.15, -0.1) is 0 Å². The van der Waals surface area contributed by atoms with E-state index in [9.17, 15) is 14.7 Å². The van der Waals surface area contributed by atoms with Gasteiger partial charge >= 0.3 is 5.97 Å². The Morgan fingerprint density at radius 1 is 1.19 bits per heavy atom. The van der Waals surface area contributed by atoms with Gasteiger partial charge in [0.1, 0.15) is 5.75 Å². The van der Waals surface area contributed by atoms with Gasteiger partial charge in [-0.2, -0.15) is 0 Å². The summed E-state index contributed by atoms with van der Waals surface area (Å²) >= 11 is 0. The van der Waals surface area contributed by atoms with Crippen LogP contribution in [0.5, 0.6) is 5.75 Å². The maximum absolute atomic E-state index is 12.5. The minimum atomic E-state index is -0.759. The highest BCUT2D eigenvalue weighted by Gasteiger charge is 2.40. The topological polar surface area (TPSA) is 76.1 Å². The summed E-state index contributed by atoms with van der Waals surface area (Å²) in [5.41, 5.74) is 1.12. The van der Waals surface area contributed by atoms with Crippen LogP contribution in [0.4, 0.5) is 0 Å². The van der Waals surface area contributed by atoms with Gasteiger partial charge in [0.05, 0.1) is 19.1 Å². The number of aliphatic carboxylic acids is 1. The number of carbonyl (C=O) groups is 2. The molecule has 2 fully saturated rings. The summed E-state index contributed by atoms with van der Waals surface area (Å²) in [5, 5.41) is 9.31. The lowest BCUT2D eigenvalue weighted by molar-refractivity contribution is -0.146. The van der Waals surface area contributed by atoms with Crippen LogP contribution in [0.3, 0.4) is 0 Å². The van der Waals surface area contributed by atoms with Gasteiger partial charge in [-0.1, -0.05) is 12.1 Å². The van der Waals surface area contributed by atoms with Crippen molar-refractivity contribution in [1.29, 1.82) is 0 Å². The molecule has 3 rings (SSSR count). The summed E-state index contributed by atoms with van der Waals surface area (Å²) in [6, 6.07) is 7.79. The number of nitrogens with zero attached hydrogens (tertiary/aromatic N) is 1. The number of hydrogen-bond donors (Lipinski definition) is 1. The number of piperidine rings is 1. The highest BCUT2D eigenvalue weighted by atomic mass is 16.5. The van der Waals surface area contributed by atoms with Crippen LogP contribution in [0.25, 0.3) is 0 Å². The van der Waals surface area contributed by atoms with Crippen molar-refractivity contribution < 1.29 is 24.2 Å². The Morgan fingerprint density at radius 3 is 2.50 bits per heavy atom. The van der Waals surface area contributed by atoms with Crippen molar-refractivity contribution in [2.24, 2.45) is 11.8 Å². The molecule has 2 aliphatic rings.